The van der Waals surface area contributed by atoms with Crippen LogP contribution in [0.1, 0.15) is 18.5 Å². The lowest BCUT2D eigenvalue weighted by molar-refractivity contribution is -0.139. The molecule has 0 spiro atoms. The van der Waals surface area contributed by atoms with Crippen LogP contribution in [0.4, 0.5) is 0 Å². The van der Waals surface area contributed by atoms with Crippen molar-refractivity contribution in [3.05, 3.63) is 34.9 Å². The number of nitrogens with one attached hydrogen (secondary N) is 1. The molecule has 26 heavy (non-hydrogen) atoms. The fourth-order valence-corrected chi connectivity index (χ4v) is 3.72. The lowest BCUT2D eigenvalue weighted by Crippen LogP contribution is -2.54. The van der Waals surface area contributed by atoms with E-state index in [1.54, 1.807) is 11.8 Å². The number of halogens is 2. The molecule has 0 aromatic heterocycles. The van der Waals surface area contributed by atoms with Crippen molar-refractivity contribution in [1.29, 1.82) is 0 Å². The number of nitrogens with zero attached hydrogens (tertiary/aromatic N) is 3. The van der Waals surface area contributed by atoms with Gasteiger partial charge in [-0.05, 0) is 17.7 Å². The molecule has 1 aromatic rings. The van der Waals surface area contributed by atoms with Crippen LogP contribution < -0.4 is 5.32 Å². The summed E-state index contributed by atoms with van der Waals surface area (Å²) in [5.74, 6) is 0.215. The zero-order chi connectivity index (χ0) is 17.8. The molecule has 1 unspecified atom stereocenters. The van der Waals surface area contributed by atoms with E-state index in [9.17, 15) is 9.59 Å². The highest BCUT2D eigenvalue weighted by atomic mass is 35.5. The van der Waals surface area contributed by atoms with Crippen LogP contribution in [-0.2, 0) is 9.59 Å². The Labute approximate surface area is 165 Å². The van der Waals surface area contributed by atoms with Crippen molar-refractivity contribution in [2.45, 2.75) is 13.0 Å². The summed E-state index contributed by atoms with van der Waals surface area (Å²) in [7, 11) is 0. The molecule has 0 saturated carbocycles. The first-order valence-corrected chi connectivity index (χ1v) is 9.16. The molecule has 2 heterocycles. The Morgan fingerprint density at radius 3 is 2.50 bits per heavy atom. The number of amides is 2. The summed E-state index contributed by atoms with van der Waals surface area (Å²) in [5, 5.41) is 4.12. The second-order valence-electron chi connectivity index (χ2n) is 6.63. The number of hydrogen-bond donors (Lipinski definition) is 1. The Hall–Kier alpha value is -1.34. The Kier molecular flexibility index (Phi) is 7.70. The number of piperazine rings is 2. The van der Waals surface area contributed by atoms with Crippen LogP contribution in [0.3, 0.4) is 0 Å². The van der Waals surface area contributed by atoms with Gasteiger partial charge in [0.2, 0.25) is 11.8 Å². The first kappa shape index (κ1) is 21.0. The van der Waals surface area contributed by atoms with E-state index in [1.807, 2.05) is 23.1 Å². The summed E-state index contributed by atoms with van der Waals surface area (Å²) >= 11 is 6.13. The molecule has 8 heteroatoms. The van der Waals surface area contributed by atoms with Gasteiger partial charge in [0.1, 0.15) is 0 Å². The number of benzene rings is 1. The minimum atomic E-state index is 0. The van der Waals surface area contributed by atoms with Gasteiger partial charge in [-0.15, -0.1) is 12.4 Å². The highest BCUT2D eigenvalue weighted by Crippen LogP contribution is 2.24. The normalized spacial score (nSPS) is 21.2. The van der Waals surface area contributed by atoms with E-state index in [4.69, 9.17) is 11.6 Å². The molecule has 2 aliphatic heterocycles. The second kappa shape index (κ2) is 9.55. The molecule has 2 aliphatic rings. The van der Waals surface area contributed by atoms with E-state index in [2.05, 4.69) is 16.3 Å². The maximum atomic E-state index is 12.7. The fourth-order valence-electron chi connectivity index (χ4n) is 3.52. The maximum Gasteiger partial charge on any atom is 0.236 e. The molecule has 2 saturated heterocycles. The minimum Gasteiger partial charge on any atom is -0.339 e. The van der Waals surface area contributed by atoms with Gasteiger partial charge in [0.15, 0.2) is 0 Å². The maximum absolute atomic E-state index is 12.7. The second-order valence-corrected chi connectivity index (χ2v) is 7.07. The van der Waals surface area contributed by atoms with E-state index < -0.39 is 0 Å². The van der Waals surface area contributed by atoms with Crippen molar-refractivity contribution in [2.75, 3.05) is 52.4 Å². The molecule has 1 aromatic carbocycles. The van der Waals surface area contributed by atoms with Crippen LogP contribution in [0.2, 0.25) is 5.02 Å². The van der Waals surface area contributed by atoms with Gasteiger partial charge in [0, 0.05) is 63.8 Å². The quantitative estimate of drug-likeness (QED) is 0.832. The fraction of sp³-hybridized carbons (Fsp3) is 0.556. The van der Waals surface area contributed by atoms with Gasteiger partial charge < -0.3 is 15.1 Å². The first-order valence-electron chi connectivity index (χ1n) is 8.78. The molecule has 2 amide bonds. The molecular weight excluding hydrogens is 375 g/mol. The first-order chi connectivity index (χ1) is 12.0. The average molecular weight is 401 g/mol. The molecular formula is C18H26Cl2N4O2. The predicted molar refractivity (Wildman–Crippen MR) is 105 cm³/mol. The van der Waals surface area contributed by atoms with Gasteiger partial charge in [-0.3, -0.25) is 14.5 Å². The van der Waals surface area contributed by atoms with Crippen LogP contribution in [-0.4, -0.2) is 78.9 Å². The van der Waals surface area contributed by atoms with Crippen molar-refractivity contribution in [1.82, 2.24) is 20.0 Å². The van der Waals surface area contributed by atoms with E-state index in [0.29, 0.717) is 32.7 Å². The van der Waals surface area contributed by atoms with E-state index >= 15 is 0 Å². The molecule has 0 aliphatic carbocycles. The molecule has 0 bridgehead atoms. The number of hydrogen-bond acceptors (Lipinski definition) is 4. The van der Waals surface area contributed by atoms with E-state index in [0.717, 1.165) is 30.2 Å². The molecule has 0 radical (unpaired) electrons. The van der Waals surface area contributed by atoms with Crippen molar-refractivity contribution in [3.63, 3.8) is 0 Å². The van der Waals surface area contributed by atoms with Crippen LogP contribution in [0.15, 0.2) is 24.3 Å². The predicted octanol–water partition coefficient (Wildman–Crippen LogP) is 1.40. The summed E-state index contributed by atoms with van der Waals surface area (Å²) in [6.45, 7) is 6.98. The van der Waals surface area contributed by atoms with Crippen molar-refractivity contribution in [2.24, 2.45) is 0 Å². The lowest BCUT2D eigenvalue weighted by Gasteiger charge is -2.39. The number of rotatable bonds is 3. The summed E-state index contributed by atoms with van der Waals surface area (Å²) in [6.07, 6.45) is 0. The van der Waals surface area contributed by atoms with Gasteiger partial charge in [-0.25, -0.2) is 0 Å². The molecule has 2 fully saturated rings. The van der Waals surface area contributed by atoms with Gasteiger partial charge >= 0.3 is 0 Å². The Bertz CT molecular complexity index is 635. The van der Waals surface area contributed by atoms with Crippen LogP contribution >= 0.6 is 24.0 Å². The van der Waals surface area contributed by atoms with Gasteiger partial charge in [-0.1, -0.05) is 23.7 Å². The lowest BCUT2D eigenvalue weighted by atomic mass is 10.0. The number of carbonyl (C=O) groups excluding carboxylic acids is 2. The Morgan fingerprint density at radius 1 is 1.15 bits per heavy atom. The van der Waals surface area contributed by atoms with E-state index in [-0.39, 0.29) is 30.3 Å². The highest BCUT2D eigenvalue weighted by Gasteiger charge is 2.29. The molecule has 3 rings (SSSR count). The van der Waals surface area contributed by atoms with Gasteiger partial charge in [0.05, 0.1) is 6.54 Å². The molecule has 1 N–H and O–H groups in total. The van der Waals surface area contributed by atoms with Crippen molar-refractivity contribution in [3.8, 4) is 0 Å². The largest absolute Gasteiger partial charge is 0.339 e. The third-order valence-electron chi connectivity index (χ3n) is 5.00. The van der Waals surface area contributed by atoms with Crippen LogP contribution in [0.25, 0.3) is 0 Å². The third kappa shape index (κ3) is 5.10. The third-order valence-corrected chi connectivity index (χ3v) is 5.24. The van der Waals surface area contributed by atoms with Crippen LogP contribution in [0.5, 0.6) is 0 Å². The zero-order valence-corrected chi connectivity index (χ0v) is 16.6. The Balaban J connectivity index is 0.00000243. The summed E-state index contributed by atoms with van der Waals surface area (Å²) in [6, 6.07) is 8.00. The summed E-state index contributed by atoms with van der Waals surface area (Å²) < 4.78 is 0. The molecule has 1 atom stereocenters. The topological polar surface area (TPSA) is 55.9 Å². The van der Waals surface area contributed by atoms with Gasteiger partial charge in [-0.2, -0.15) is 0 Å². The number of carbonyl (C=O) groups is 2. The monoisotopic (exact) mass is 400 g/mol. The SMILES string of the molecule is CC(=O)N1CCN(C(=O)CN2CCNCC2c2cccc(Cl)c2)CC1.Cl. The summed E-state index contributed by atoms with van der Waals surface area (Å²) in [4.78, 5) is 30.0. The average Bonchev–Trinajstić information content (AvgIpc) is 2.62. The minimum absolute atomic E-state index is 0. The zero-order valence-electron chi connectivity index (χ0n) is 15.0. The van der Waals surface area contributed by atoms with Crippen molar-refractivity contribution >= 4 is 35.8 Å². The summed E-state index contributed by atoms with van der Waals surface area (Å²) in [5.41, 5.74) is 1.13. The van der Waals surface area contributed by atoms with Crippen LogP contribution in [0, 0.1) is 0 Å². The molecule has 144 valence electrons. The Morgan fingerprint density at radius 2 is 1.85 bits per heavy atom. The molecule has 6 nitrogen and oxygen atoms in total. The van der Waals surface area contributed by atoms with Crippen molar-refractivity contribution < 1.29 is 9.59 Å². The van der Waals surface area contributed by atoms with E-state index in [1.165, 1.54) is 0 Å². The smallest absolute Gasteiger partial charge is 0.236 e. The highest BCUT2D eigenvalue weighted by molar-refractivity contribution is 6.30. The van der Waals surface area contributed by atoms with Gasteiger partial charge in [0.25, 0.3) is 0 Å². The standard InChI is InChI=1S/C18H25ClN4O2.ClH/c1-14(24)21-7-9-22(10-8-21)18(25)13-23-6-5-20-12-17(23)15-3-2-4-16(19)11-15;/h2-4,11,17,20H,5-10,12-13H2,1H3;1H.